The van der Waals surface area contributed by atoms with E-state index in [4.69, 9.17) is 9.47 Å². The van der Waals surface area contributed by atoms with Crippen molar-refractivity contribution >= 4 is 5.91 Å². The summed E-state index contributed by atoms with van der Waals surface area (Å²) in [5, 5.41) is 2.64. The third kappa shape index (κ3) is 4.85. The summed E-state index contributed by atoms with van der Waals surface area (Å²) >= 11 is 0. The average molecular weight is 354 g/mol. The molecule has 0 bridgehead atoms. The van der Waals surface area contributed by atoms with Gasteiger partial charge in [-0.1, -0.05) is 6.07 Å². The Morgan fingerprint density at radius 1 is 1.12 bits per heavy atom. The summed E-state index contributed by atoms with van der Waals surface area (Å²) in [5.74, 6) is 0.700. The van der Waals surface area contributed by atoms with Crippen molar-refractivity contribution < 1.29 is 27.4 Å². The van der Waals surface area contributed by atoms with Crippen molar-refractivity contribution in [3.8, 4) is 11.5 Å². The largest absolute Gasteiger partial charge is 0.493 e. The van der Waals surface area contributed by atoms with Crippen LogP contribution in [0.15, 0.2) is 36.5 Å². The Hall–Kier alpha value is -2.77. The van der Waals surface area contributed by atoms with E-state index in [0.717, 1.165) is 23.9 Å². The van der Waals surface area contributed by atoms with E-state index >= 15 is 0 Å². The van der Waals surface area contributed by atoms with Crippen molar-refractivity contribution in [3.05, 3.63) is 53.3 Å². The second-order valence-electron chi connectivity index (χ2n) is 5.13. The number of aromatic nitrogens is 1. The summed E-state index contributed by atoms with van der Waals surface area (Å²) in [6.07, 6.45) is -3.09. The van der Waals surface area contributed by atoms with Gasteiger partial charge in [0.05, 0.1) is 19.8 Å². The van der Waals surface area contributed by atoms with Crippen molar-refractivity contribution in [3.63, 3.8) is 0 Å². The molecule has 0 radical (unpaired) electrons. The molecule has 0 saturated carbocycles. The molecule has 1 N–H and O–H groups in total. The lowest BCUT2D eigenvalue weighted by Gasteiger charge is -2.10. The fourth-order valence-corrected chi connectivity index (χ4v) is 2.15. The first-order chi connectivity index (χ1) is 11.8. The lowest BCUT2D eigenvalue weighted by atomic mass is 10.1. The van der Waals surface area contributed by atoms with E-state index in [-0.39, 0.29) is 5.56 Å². The minimum atomic E-state index is -4.53. The van der Waals surface area contributed by atoms with Crippen LogP contribution in [0.4, 0.5) is 13.2 Å². The van der Waals surface area contributed by atoms with Crippen LogP contribution in [0, 0.1) is 0 Å². The molecule has 25 heavy (non-hydrogen) atoms. The highest BCUT2D eigenvalue weighted by molar-refractivity contribution is 5.93. The number of pyridine rings is 1. The van der Waals surface area contributed by atoms with Gasteiger partial charge in [0.25, 0.3) is 5.91 Å². The van der Waals surface area contributed by atoms with Crippen LogP contribution >= 0.6 is 0 Å². The van der Waals surface area contributed by atoms with E-state index in [1.165, 1.54) is 14.2 Å². The average Bonchev–Trinajstić information content (AvgIpc) is 2.60. The molecule has 1 amide bonds. The van der Waals surface area contributed by atoms with Crippen LogP contribution in [0.3, 0.4) is 0 Å². The molecule has 0 saturated heterocycles. The van der Waals surface area contributed by atoms with Gasteiger partial charge in [0.1, 0.15) is 5.69 Å². The number of carbonyl (C=O) groups excluding carboxylic acids is 1. The molecule has 2 aromatic rings. The highest BCUT2D eigenvalue weighted by Gasteiger charge is 2.32. The summed E-state index contributed by atoms with van der Waals surface area (Å²) in [6.45, 7) is 0.315. The van der Waals surface area contributed by atoms with Gasteiger partial charge in [0, 0.05) is 12.7 Å². The van der Waals surface area contributed by atoms with E-state index in [0.29, 0.717) is 24.5 Å². The minimum Gasteiger partial charge on any atom is -0.493 e. The second-order valence-corrected chi connectivity index (χ2v) is 5.13. The molecular formula is C17H17F3N2O3. The molecule has 0 unspecified atom stereocenters. The Bertz CT molecular complexity index is 731. The smallest absolute Gasteiger partial charge is 0.433 e. The molecule has 1 heterocycles. The van der Waals surface area contributed by atoms with Crippen molar-refractivity contribution in [2.45, 2.75) is 12.6 Å². The van der Waals surface area contributed by atoms with Gasteiger partial charge in [-0.25, -0.2) is 0 Å². The number of alkyl halides is 3. The van der Waals surface area contributed by atoms with Gasteiger partial charge >= 0.3 is 6.18 Å². The van der Waals surface area contributed by atoms with Gasteiger partial charge in [0.2, 0.25) is 0 Å². The van der Waals surface area contributed by atoms with Gasteiger partial charge in [0.15, 0.2) is 11.5 Å². The van der Waals surface area contributed by atoms with Gasteiger partial charge in [-0.15, -0.1) is 0 Å². The fraction of sp³-hybridized carbons (Fsp3) is 0.294. The number of nitrogens with one attached hydrogen (secondary N) is 1. The molecule has 134 valence electrons. The maximum Gasteiger partial charge on any atom is 0.433 e. The zero-order valence-corrected chi connectivity index (χ0v) is 13.7. The summed E-state index contributed by atoms with van der Waals surface area (Å²) in [6, 6.07) is 7.28. The van der Waals surface area contributed by atoms with Crippen LogP contribution in [0.1, 0.15) is 21.6 Å². The van der Waals surface area contributed by atoms with E-state index in [9.17, 15) is 18.0 Å². The van der Waals surface area contributed by atoms with E-state index < -0.39 is 17.8 Å². The van der Waals surface area contributed by atoms with Crippen LogP contribution in [0.25, 0.3) is 0 Å². The molecule has 2 rings (SSSR count). The first kappa shape index (κ1) is 18.6. The van der Waals surface area contributed by atoms with E-state index in [2.05, 4.69) is 10.3 Å². The maximum atomic E-state index is 12.4. The number of nitrogens with zero attached hydrogens (tertiary/aromatic N) is 1. The number of benzene rings is 1. The molecule has 0 atom stereocenters. The highest BCUT2D eigenvalue weighted by atomic mass is 19.4. The number of carbonyl (C=O) groups is 1. The molecule has 0 aliphatic carbocycles. The standard InChI is InChI=1S/C17H17F3N2O3/c1-24-13-5-3-11(9-14(13)25-2)7-8-21-16(23)12-4-6-15(22-10-12)17(18,19)20/h3-6,9-10H,7-8H2,1-2H3,(H,21,23). The minimum absolute atomic E-state index is 0.0697. The third-order valence-corrected chi connectivity index (χ3v) is 3.46. The number of hydrogen-bond acceptors (Lipinski definition) is 4. The Morgan fingerprint density at radius 3 is 2.40 bits per heavy atom. The number of rotatable bonds is 6. The first-order valence-electron chi connectivity index (χ1n) is 7.37. The molecular weight excluding hydrogens is 337 g/mol. The highest BCUT2D eigenvalue weighted by Crippen LogP contribution is 2.28. The van der Waals surface area contributed by atoms with Gasteiger partial charge < -0.3 is 14.8 Å². The topological polar surface area (TPSA) is 60.5 Å². The summed E-state index contributed by atoms with van der Waals surface area (Å²) < 4.78 is 47.7. The molecule has 0 aliphatic rings. The van der Waals surface area contributed by atoms with E-state index in [1.807, 2.05) is 6.07 Å². The van der Waals surface area contributed by atoms with Crippen LogP contribution < -0.4 is 14.8 Å². The van der Waals surface area contributed by atoms with Gasteiger partial charge in [-0.2, -0.15) is 13.2 Å². The normalized spacial score (nSPS) is 11.1. The first-order valence-corrected chi connectivity index (χ1v) is 7.37. The SMILES string of the molecule is COc1ccc(CCNC(=O)c2ccc(C(F)(F)F)nc2)cc1OC. The Labute approximate surface area is 142 Å². The molecule has 0 aliphatic heterocycles. The molecule has 1 aromatic carbocycles. The molecule has 0 spiro atoms. The summed E-state index contributed by atoms with van der Waals surface area (Å²) in [5.41, 5.74) is -0.0433. The monoisotopic (exact) mass is 354 g/mol. The predicted octanol–water partition coefficient (Wildman–Crippen LogP) is 3.09. The summed E-state index contributed by atoms with van der Waals surface area (Å²) in [7, 11) is 3.07. The van der Waals surface area contributed by atoms with Gasteiger partial charge in [-0.3, -0.25) is 9.78 Å². The lowest BCUT2D eigenvalue weighted by molar-refractivity contribution is -0.141. The van der Waals surface area contributed by atoms with Crippen LogP contribution in [0.2, 0.25) is 0 Å². The lowest BCUT2D eigenvalue weighted by Crippen LogP contribution is -2.26. The van der Waals surface area contributed by atoms with E-state index in [1.54, 1.807) is 12.1 Å². The zero-order valence-electron chi connectivity index (χ0n) is 13.7. The fourth-order valence-electron chi connectivity index (χ4n) is 2.15. The number of ether oxygens (including phenoxy) is 2. The molecule has 5 nitrogen and oxygen atoms in total. The van der Waals surface area contributed by atoms with Gasteiger partial charge in [-0.05, 0) is 36.2 Å². The molecule has 8 heteroatoms. The quantitative estimate of drug-likeness (QED) is 0.866. The van der Waals surface area contributed by atoms with Crippen LogP contribution in [-0.2, 0) is 12.6 Å². The number of hydrogen-bond donors (Lipinski definition) is 1. The summed E-state index contributed by atoms with van der Waals surface area (Å²) in [4.78, 5) is 15.2. The molecule has 1 aromatic heterocycles. The zero-order chi connectivity index (χ0) is 18.4. The van der Waals surface area contributed by atoms with Crippen LogP contribution in [-0.4, -0.2) is 31.7 Å². The van der Waals surface area contributed by atoms with Crippen LogP contribution in [0.5, 0.6) is 11.5 Å². The number of amides is 1. The Kier molecular flexibility index (Phi) is 5.84. The number of methoxy groups -OCH3 is 2. The second kappa shape index (κ2) is 7.87. The molecule has 0 fully saturated rings. The predicted molar refractivity (Wildman–Crippen MR) is 84.8 cm³/mol. The van der Waals surface area contributed by atoms with Crippen molar-refractivity contribution in [1.29, 1.82) is 0 Å². The Balaban J connectivity index is 1.92. The van der Waals surface area contributed by atoms with Crippen molar-refractivity contribution in [2.24, 2.45) is 0 Å². The number of halogens is 3. The van der Waals surface area contributed by atoms with Crippen molar-refractivity contribution in [1.82, 2.24) is 10.3 Å². The third-order valence-electron chi connectivity index (χ3n) is 3.46. The Morgan fingerprint density at radius 2 is 1.84 bits per heavy atom. The van der Waals surface area contributed by atoms with Crippen molar-refractivity contribution in [2.75, 3.05) is 20.8 Å². The maximum absolute atomic E-state index is 12.4.